The van der Waals surface area contributed by atoms with E-state index in [2.05, 4.69) is 15.5 Å². The third kappa shape index (κ3) is 2.80. The van der Waals surface area contributed by atoms with Crippen molar-refractivity contribution in [3.63, 3.8) is 0 Å². The van der Waals surface area contributed by atoms with Crippen LogP contribution >= 0.6 is 0 Å². The Morgan fingerprint density at radius 2 is 2.15 bits per heavy atom. The summed E-state index contributed by atoms with van der Waals surface area (Å²) < 4.78 is 1.74. The predicted molar refractivity (Wildman–Crippen MR) is 74.3 cm³/mol. The minimum absolute atomic E-state index is 0.151. The van der Waals surface area contributed by atoms with Gasteiger partial charge in [-0.15, -0.1) is 10.2 Å². The molecule has 0 unspecified atom stereocenters. The number of hydrogen-bond acceptors (Lipinski definition) is 4. The molecule has 6 nitrogen and oxygen atoms in total. The fourth-order valence-electron chi connectivity index (χ4n) is 2.79. The fraction of sp³-hybridized carbons (Fsp3) is 0.500. The maximum atomic E-state index is 12.0. The minimum atomic E-state index is -0.830. The summed E-state index contributed by atoms with van der Waals surface area (Å²) in [6.07, 6.45) is 8.07. The van der Waals surface area contributed by atoms with Gasteiger partial charge in [-0.25, -0.2) is 0 Å². The number of hydrogen-bond donors (Lipinski definition) is 2. The zero-order valence-corrected chi connectivity index (χ0v) is 11.2. The summed E-state index contributed by atoms with van der Waals surface area (Å²) in [5.74, 6) is -0.151. The molecular formula is C14H18N4O2. The highest BCUT2D eigenvalue weighted by Gasteiger charge is 2.31. The zero-order chi connectivity index (χ0) is 14.0. The fourth-order valence-corrected chi connectivity index (χ4v) is 2.79. The Morgan fingerprint density at radius 3 is 2.95 bits per heavy atom. The van der Waals surface area contributed by atoms with Crippen LogP contribution in [-0.4, -0.2) is 31.2 Å². The number of anilines is 1. The summed E-state index contributed by atoms with van der Waals surface area (Å²) in [6.45, 7) is 0. The van der Waals surface area contributed by atoms with E-state index in [1.165, 1.54) is 0 Å². The van der Waals surface area contributed by atoms with E-state index in [9.17, 15) is 9.90 Å². The van der Waals surface area contributed by atoms with Crippen molar-refractivity contribution in [1.82, 2.24) is 14.6 Å². The van der Waals surface area contributed by atoms with Crippen molar-refractivity contribution >= 4 is 17.2 Å². The van der Waals surface area contributed by atoms with E-state index in [1.54, 1.807) is 29.1 Å². The summed E-state index contributed by atoms with van der Waals surface area (Å²) in [4.78, 5) is 12.0. The third-order valence-electron chi connectivity index (χ3n) is 3.85. The van der Waals surface area contributed by atoms with Crippen LogP contribution in [0.3, 0.4) is 0 Å². The van der Waals surface area contributed by atoms with Crippen molar-refractivity contribution in [2.75, 3.05) is 5.32 Å². The molecule has 0 aromatic carbocycles. The number of amides is 1. The van der Waals surface area contributed by atoms with Crippen LogP contribution in [0.2, 0.25) is 0 Å². The number of pyridine rings is 1. The first-order chi connectivity index (χ1) is 9.65. The number of nitrogens with one attached hydrogen (secondary N) is 1. The normalized spacial score (nSPS) is 18.1. The number of aliphatic hydroxyl groups is 1. The zero-order valence-electron chi connectivity index (χ0n) is 11.2. The van der Waals surface area contributed by atoms with E-state index in [0.29, 0.717) is 18.5 Å². The molecule has 106 valence electrons. The summed E-state index contributed by atoms with van der Waals surface area (Å²) in [5.41, 5.74) is 0.582. The summed E-state index contributed by atoms with van der Waals surface area (Å²) >= 11 is 0. The van der Waals surface area contributed by atoms with E-state index in [0.717, 1.165) is 24.9 Å². The molecule has 0 spiro atoms. The van der Waals surface area contributed by atoms with Crippen molar-refractivity contribution in [3.05, 3.63) is 24.7 Å². The lowest BCUT2D eigenvalue weighted by molar-refractivity contribution is -0.122. The molecule has 1 aliphatic carbocycles. The van der Waals surface area contributed by atoms with Crippen LogP contribution in [0.1, 0.15) is 38.5 Å². The highest BCUT2D eigenvalue weighted by atomic mass is 16.3. The van der Waals surface area contributed by atoms with Crippen LogP contribution in [-0.2, 0) is 4.79 Å². The Bertz CT molecular complexity index is 616. The van der Waals surface area contributed by atoms with Crippen molar-refractivity contribution in [1.29, 1.82) is 0 Å². The second-order valence-corrected chi connectivity index (χ2v) is 5.52. The molecule has 1 aliphatic rings. The van der Waals surface area contributed by atoms with Crippen LogP contribution in [0.15, 0.2) is 24.7 Å². The number of aromatic nitrogens is 3. The molecule has 2 N–H and O–H groups in total. The molecule has 0 atom stereocenters. The molecule has 0 saturated heterocycles. The molecular weight excluding hydrogens is 256 g/mol. The Hall–Kier alpha value is -1.95. The molecule has 0 bridgehead atoms. The average molecular weight is 274 g/mol. The van der Waals surface area contributed by atoms with Crippen molar-refractivity contribution in [2.45, 2.75) is 44.1 Å². The molecule has 1 fully saturated rings. The second kappa shape index (κ2) is 5.20. The van der Waals surface area contributed by atoms with Gasteiger partial charge in [-0.05, 0) is 25.0 Å². The van der Waals surface area contributed by atoms with Crippen LogP contribution in [0.25, 0.3) is 5.65 Å². The van der Waals surface area contributed by atoms with Crippen molar-refractivity contribution < 1.29 is 9.90 Å². The number of nitrogens with zero attached hydrogens (tertiary/aromatic N) is 3. The lowest BCUT2D eigenvalue weighted by Gasteiger charge is -2.31. The van der Waals surface area contributed by atoms with E-state index in [1.807, 2.05) is 0 Å². The number of carbonyl (C=O) groups is 1. The number of fused-ring (bicyclic) bond motifs is 1. The third-order valence-corrected chi connectivity index (χ3v) is 3.85. The van der Waals surface area contributed by atoms with E-state index in [4.69, 9.17) is 0 Å². The van der Waals surface area contributed by atoms with Gasteiger partial charge in [-0.2, -0.15) is 0 Å². The number of carbonyl (C=O) groups excluding carboxylic acids is 1. The first kappa shape index (κ1) is 13.1. The van der Waals surface area contributed by atoms with Crippen molar-refractivity contribution in [3.8, 4) is 0 Å². The Balaban J connectivity index is 1.65. The molecule has 2 heterocycles. The molecule has 2 aromatic heterocycles. The summed E-state index contributed by atoms with van der Waals surface area (Å²) in [7, 11) is 0. The minimum Gasteiger partial charge on any atom is -0.389 e. The summed E-state index contributed by atoms with van der Waals surface area (Å²) in [5, 5.41) is 20.9. The maximum Gasteiger partial charge on any atom is 0.227 e. The number of rotatable bonds is 3. The molecule has 6 heteroatoms. The van der Waals surface area contributed by atoms with Gasteiger partial charge in [0, 0.05) is 6.20 Å². The van der Waals surface area contributed by atoms with Gasteiger partial charge in [-0.1, -0.05) is 19.3 Å². The smallest absolute Gasteiger partial charge is 0.227 e. The highest BCUT2D eigenvalue weighted by molar-refractivity contribution is 5.91. The van der Waals surface area contributed by atoms with Crippen LogP contribution in [0, 0.1) is 0 Å². The van der Waals surface area contributed by atoms with E-state index >= 15 is 0 Å². The lowest BCUT2D eigenvalue weighted by atomic mass is 9.82. The van der Waals surface area contributed by atoms with Crippen molar-refractivity contribution in [2.24, 2.45) is 0 Å². The monoisotopic (exact) mass is 274 g/mol. The predicted octanol–water partition coefficient (Wildman–Crippen LogP) is 1.75. The average Bonchev–Trinajstić information content (AvgIpc) is 2.86. The Morgan fingerprint density at radius 1 is 1.35 bits per heavy atom. The van der Waals surface area contributed by atoms with Crippen LogP contribution < -0.4 is 5.32 Å². The quantitative estimate of drug-likeness (QED) is 0.893. The summed E-state index contributed by atoms with van der Waals surface area (Å²) in [6, 6.07) is 3.57. The van der Waals surface area contributed by atoms with Gasteiger partial charge >= 0.3 is 0 Å². The van der Waals surface area contributed by atoms with Gasteiger partial charge in [0.2, 0.25) is 5.91 Å². The SMILES string of the molecule is O=C(CC1(O)CCCCC1)Nc1ccc2nncn2c1. The second-order valence-electron chi connectivity index (χ2n) is 5.52. The van der Waals surface area contributed by atoms with Gasteiger partial charge in [0.05, 0.1) is 17.7 Å². The Kier molecular flexibility index (Phi) is 3.40. The van der Waals surface area contributed by atoms with Crippen LogP contribution in [0.4, 0.5) is 5.69 Å². The molecule has 2 aromatic rings. The molecule has 1 saturated carbocycles. The van der Waals surface area contributed by atoms with Gasteiger partial charge in [-0.3, -0.25) is 9.20 Å². The molecule has 0 radical (unpaired) electrons. The van der Waals surface area contributed by atoms with Gasteiger partial charge in [0.1, 0.15) is 6.33 Å². The van der Waals surface area contributed by atoms with Gasteiger partial charge in [0.15, 0.2) is 5.65 Å². The van der Waals surface area contributed by atoms with E-state index in [-0.39, 0.29) is 12.3 Å². The van der Waals surface area contributed by atoms with Gasteiger partial charge in [0.25, 0.3) is 0 Å². The molecule has 20 heavy (non-hydrogen) atoms. The van der Waals surface area contributed by atoms with Gasteiger partial charge < -0.3 is 10.4 Å². The molecule has 3 rings (SSSR count). The van der Waals surface area contributed by atoms with E-state index < -0.39 is 5.60 Å². The first-order valence-electron chi connectivity index (χ1n) is 6.96. The largest absolute Gasteiger partial charge is 0.389 e. The molecule has 1 amide bonds. The standard InChI is InChI=1S/C14H18N4O2/c19-13(8-14(20)6-2-1-3-7-14)16-11-4-5-12-17-15-10-18(12)9-11/h4-5,9-10,20H,1-3,6-8H2,(H,16,19). The first-order valence-corrected chi connectivity index (χ1v) is 6.96. The molecule has 0 aliphatic heterocycles. The van der Waals surface area contributed by atoms with Crippen LogP contribution in [0.5, 0.6) is 0 Å². The maximum absolute atomic E-state index is 12.0. The Labute approximate surface area is 116 Å². The highest BCUT2D eigenvalue weighted by Crippen LogP contribution is 2.31. The topological polar surface area (TPSA) is 79.5 Å². The lowest BCUT2D eigenvalue weighted by Crippen LogP contribution is -2.35.